The molecule has 0 bridgehead atoms. The van der Waals surface area contributed by atoms with Crippen LogP contribution < -0.4 is 15.4 Å². The summed E-state index contributed by atoms with van der Waals surface area (Å²) in [6.45, 7) is 1.41. The molecule has 26 heavy (non-hydrogen) atoms. The number of carbonyl (C=O) groups is 2. The maximum atomic E-state index is 12.8. The van der Waals surface area contributed by atoms with E-state index in [0.29, 0.717) is 5.69 Å². The van der Waals surface area contributed by atoms with E-state index in [9.17, 15) is 22.4 Å². The molecule has 2 aromatic carbocycles. The van der Waals surface area contributed by atoms with Crippen molar-refractivity contribution in [3.8, 4) is 0 Å². The average Bonchev–Trinajstić information content (AvgIpc) is 2.59. The van der Waals surface area contributed by atoms with Crippen molar-refractivity contribution in [2.24, 2.45) is 0 Å². The van der Waals surface area contributed by atoms with Crippen LogP contribution in [0.4, 0.5) is 10.1 Å². The van der Waals surface area contributed by atoms with Gasteiger partial charge >= 0.3 is 0 Å². The highest BCUT2D eigenvalue weighted by molar-refractivity contribution is 7.89. The first-order valence-electron chi connectivity index (χ1n) is 7.69. The maximum Gasteiger partial charge on any atom is 0.251 e. The first-order chi connectivity index (χ1) is 12.3. The molecule has 2 rings (SSSR count). The molecule has 0 heterocycles. The highest BCUT2D eigenvalue weighted by atomic mass is 32.2. The normalized spacial score (nSPS) is 11.0. The summed E-state index contributed by atoms with van der Waals surface area (Å²) in [5, 5.41) is 5.08. The summed E-state index contributed by atoms with van der Waals surface area (Å²) in [6.07, 6.45) is 0. The average molecular weight is 379 g/mol. The molecule has 0 fully saturated rings. The minimum atomic E-state index is -3.74. The lowest BCUT2D eigenvalue weighted by atomic mass is 10.2. The zero-order valence-corrected chi connectivity index (χ0v) is 14.8. The van der Waals surface area contributed by atoms with Crippen molar-refractivity contribution in [2.45, 2.75) is 11.8 Å². The SMILES string of the molecule is CC(=O)Nc1ccc(S(=O)(=O)NCCNC(=O)c2ccc(F)cc2)cc1. The van der Waals surface area contributed by atoms with Crippen LogP contribution in [-0.4, -0.2) is 33.3 Å². The van der Waals surface area contributed by atoms with Crippen LogP contribution in [0.3, 0.4) is 0 Å². The van der Waals surface area contributed by atoms with Gasteiger partial charge in [-0.1, -0.05) is 0 Å². The highest BCUT2D eigenvalue weighted by Gasteiger charge is 2.13. The van der Waals surface area contributed by atoms with E-state index in [-0.39, 0.29) is 29.5 Å². The van der Waals surface area contributed by atoms with Gasteiger partial charge in [-0.3, -0.25) is 9.59 Å². The Bertz CT molecular complexity index is 881. The molecule has 0 aliphatic carbocycles. The van der Waals surface area contributed by atoms with E-state index in [2.05, 4.69) is 15.4 Å². The second kappa shape index (κ2) is 8.54. The van der Waals surface area contributed by atoms with Crippen molar-refractivity contribution in [3.05, 3.63) is 59.9 Å². The molecule has 0 unspecified atom stereocenters. The largest absolute Gasteiger partial charge is 0.351 e. The standard InChI is InChI=1S/C17H18FN3O4S/c1-12(22)21-15-6-8-16(9-7-15)26(24,25)20-11-10-19-17(23)13-2-4-14(18)5-3-13/h2-9,20H,10-11H2,1H3,(H,19,23)(H,21,22). The Morgan fingerprint density at radius 2 is 1.58 bits per heavy atom. The molecule has 0 spiro atoms. The Kier molecular flexibility index (Phi) is 6.42. The number of rotatable bonds is 7. The predicted molar refractivity (Wildman–Crippen MR) is 94.7 cm³/mol. The summed E-state index contributed by atoms with van der Waals surface area (Å²) in [5.74, 6) is -1.13. The van der Waals surface area contributed by atoms with Crippen molar-refractivity contribution >= 4 is 27.5 Å². The van der Waals surface area contributed by atoms with Gasteiger partial charge in [0, 0.05) is 31.3 Å². The Labute approximate surface area is 150 Å². The monoisotopic (exact) mass is 379 g/mol. The Morgan fingerprint density at radius 3 is 2.15 bits per heavy atom. The van der Waals surface area contributed by atoms with Gasteiger partial charge in [-0.15, -0.1) is 0 Å². The minimum absolute atomic E-state index is 0.0112. The quantitative estimate of drug-likeness (QED) is 0.634. The third-order valence-electron chi connectivity index (χ3n) is 3.29. The molecule has 0 radical (unpaired) electrons. The molecule has 0 aromatic heterocycles. The lowest BCUT2D eigenvalue weighted by molar-refractivity contribution is -0.114. The van der Waals surface area contributed by atoms with Crippen LogP contribution in [0.5, 0.6) is 0 Å². The summed E-state index contributed by atoms with van der Waals surface area (Å²) < 4.78 is 39.5. The summed E-state index contributed by atoms with van der Waals surface area (Å²) in [6, 6.07) is 10.7. The van der Waals surface area contributed by atoms with Gasteiger partial charge in [0.05, 0.1) is 4.90 Å². The molecule has 3 N–H and O–H groups in total. The van der Waals surface area contributed by atoms with Gasteiger partial charge in [0.25, 0.3) is 5.91 Å². The van der Waals surface area contributed by atoms with Gasteiger partial charge < -0.3 is 10.6 Å². The van der Waals surface area contributed by atoms with E-state index in [4.69, 9.17) is 0 Å². The van der Waals surface area contributed by atoms with Crippen molar-refractivity contribution in [1.29, 1.82) is 0 Å². The molecule has 0 aliphatic rings. The molecule has 2 aromatic rings. The van der Waals surface area contributed by atoms with Crippen molar-refractivity contribution in [1.82, 2.24) is 10.0 Å². The van der Waals surface area contributed by atoms with Crippen molar-refractivity contribution in [3.63, 3.8) is 0 Å². The summed E-state index contributed by atoms with van der Waals surface area (Å²) in [4.78, 5) is 22.8. The molecule has 0 saturated carbocycles. The van der Waals surface area contributed by atoms with E-state index in [1.807, 2.05) is 0 Å². The number of sulfonamides is 1. The van der Waals surface area contributed by atoms with Crippen LogP contribution in [-0.2, 0) is 14.8 Å². The van der Waals surface area contributed by atoms with E-state index in [1.165, 1.54) is 55.5 Å². The van der Waals surface area contributed by atoms with Crippen LogP contribution >= 0.6 is 0 Å². The fourth-order valence-electron chi connectivity index (χ4n) is 2.07. The number of amides is 2. The van der Waals surface area contributed by atoms with Gasteiger partial charge in [0.15, 0.2) is 0 Å². The zero-order valence-electron chi connectivity index (χ0n) is 14.0. The predicted octanol–water partition coefficient (Wildman–Crippen LogP) is 1.49. The number of halogens is 1. The Hall–Kier alpha value is -2.78. The molecule has 0 atom stereocenters. The third-order valence-corrected chi connectivity index (χ3v) is 4.77. The molecule has 0 aliphatic heterocycles. The number of carbonyl (C=O) groups excluding carboxylic acids is 2. The Balaban J connectivity index is 1.85. The molecule has 0 saturated heterocycles. The number of hydrogen-bond donors (Lipinski definition) is 3. The van der Waals surface area contributed by atoms with Gasteiger partial charge in [0.2, 0.25) is 15.9 Å². The van der Waals surface area contributed by atoms with Gasteiger partial charge in [0.1, 0.15) is 5.82 Å². The Morgan fingerprint density at radius 1 is 0.962 bits per heavy atom. The fourth-order valence-corrected chi connectivity index (χ4v) is 3.10. The molecule has 138 valence electrons. The summed E-state index contributed by atoms with van der Waals surface area (Å²) >= 11 is 0. The fraction of sp³-hybridized carbons (Fsp3) is 0.176. The summed E-state index contributed by atoms with van der Waals surface area (Å²) in [7, 11) is -3.74. The molecule has 7 nitrogen and oxygen atoms in total. The number of hydrogen-bond acceptors (Lipinski definition) is 4. The summed E-state index contributed by atoms with van der Waals surface area (Å²) in [5.41, 5.74) is 0.769. The smallest absolute Gasteiger partial charge is 0.251 e. The minimum Gasteiger partial charge on any atom is -0.351 e. The topological polar surface area (TPSA) is 104 Å². The second-order valence-corrected chi connectivity index (χ2v) is 7.13. The lowest BCUT2D eigenvalue weighted by Gasteiger charge is -2.09. The second-order valence-electron chi connectivity index (χ2n) is 5.37. The van der Waals surface area contributed by atoms with Gasteiger partial charge in [-0.2, -0.15) is 0 Å². The number of nitrogens with one attached hydrogen (secondary N) is 3. The first kappa shape index (κ1) is 19.5. The van der Waals surface area contributed by atoms with Gasteiger partial charge in [-0.25, -0.2) is 17.5 Å². The molecular weight excluding hydrogens is 361 g/mol. The maximum absolute atomic E-state index is 12.8. The van der Waals surface area contributed by atoms with E-state index >= 15 is 0 Å². The zero-order chi connectivity index (χ0) is 19.2. The lowest BCUT2D eigenvalue weighted by Crippen LogP contribution is -2.34. The van der Waals surface area contributed by atoms with Crippen molar-refractivity contribution < 1.29 is 22.4 Å². The highest BCUT2D eigenvalue weighted by Crippen LogP contribution is 2.13. The van der Waals surface area contributed by atoms with Crippen LogP contribution in [0.2, 0.25) is 0 Å². The molecular formula is C17H18FN3O4S. The van der Waals surface area contributed by atoms with Crippen LogP contribution in [0, 0.1) is 5.82 Å². The molecule has 2 amide bonds. The van der Waals surface area contributed by atoms with Crippen LogP contribution in [0.15, 0.2) is 53.4 Å². The van der Waals surface area contributed by atoms with E-state index in [0.717, 1.165) is 0 Å². The number of anilines is 1. The van der Waals surface area contributed by atoms with Crippen LogP contribution in [0.1, 0.15) is 17.3 Å². The molecule has 9 heteroatoms. The first-order valence-corrected chi connectivity index (χ1v) is 9.17. The van der Waals surface area contributed by atoms with Gasteiger partial charge in [-0.05, 0) is 48.5 Å². The van der Waals surface area contributed by atoms with E-state index in [1.54, 1.807) is 0 Å². The number of benzene rings is 2. The van der Waals surface area contributed by atoms with E-state index < -0.39 is 21.7 Å². The van der Waals surface area contributed by atoms with Crippen molar-refractivity contribution in [2.75, 3.05) is 18.4 Å². The van der Waals surface area contributed by atoms with Crippen LogP contribution in [0.25, 0.3) is 0 Å². The third kappa shape index (κ3) is 5.64.